The van der Waals surface area contributed by atoms with E-state index >= 15 is 0 Å². The molecule has 0 radical (unpaired) electrons. The zero-order valence-electron chi connectivity index (χ0n) is 15.1. The van der Waals surface area contributed by atoms with E-state index in [1.807, 2.05) is 57.2 Å². The third-order valence-corrected chi connectivity index (χ3v) is 3.32. The number of carbonyl (C=O) groups excluding carboxylic acids is 1. The molecule has 134 valence electrons. The number of carbonyl (C=O) groups is 1. The molecular weight excluding hydrogens is 316 g/mol. The standard InChI is InChI=1S/C19H26N4O2/c1-19(2,3)25-18(24)22-12-13-23(14-16-8-4-6-10-20-16)15-17-9-5-7-11-21-17/h4-11H,12-15H2,1-3H3,(H,22,24). The summed E-state index contributed by atoms with van der Waals surface area (Å²) in [7, 11) is 0. The Hall–Kier alpha value is -2.47. The van der Waals surface area contributed by atoms with Crippen LogP contribution in [0.4, 0.5) is 4.79 Å². The lowest BCUT2D eigenvalue weighted by Gasteiger charge is -2.23. The average molecular weight is 342 g/mol. The molecule has 0 atom stereocenters. The van der Waals surface area contributed by atoms with E-state index < -0.39 is 11.7 Å². The number of nitrogens with zero attached hydrogens (tertiary/aromatic N) is 3. The molecule has 25 heavy (non-hydrogen) atoms. The van der Waals surface area contributed by atoms with Crippen molar-refractivity contribution in [1.82, 2.24) is 20.2 Å². The fourth-order valence-electron chi connectivity index (χ4n) is 2.29. The molecule has 0 bridgehead atoms. The molecular formula is C19H26N4O2. The smallest absolute Gasteiger partial charge is 0.407 e. The van der Waals surface area contributed by atoms with Gasteiger partial charge in [-0.2, -0.15) is 0 Å². The summed E-state index contributed by atoms with van der Waals surface area (Å²) in [6.45, 7) is 8.09. The van der Waals surface area contributed by atoms with Gasteiger partial charge >= 0.3 is 6.09 Å². The van der Waals surface area contributed by atoms with E-state index in [4.69, 9.17) is 4.74 Å². The highest BCUT2D eigenvalue weighted by Gasteiger charge is 2.16. The number of pyridine rings is 2. The Morgan fingerprint density at radius 3 is 2.04 bits per heavy atom. The minimum absolute atomic E-state index is 0.400. The van der Waals surface area contributed by atoms with E-state index in [0.29, 0.717) is 26.2 Å². The highest BCUT2D eigenvalue weighted by molar-refractivity contribution is 5.67. The molecule has 0 saturated carbocycles. The van der Waals surface area contributed by atoms with E-state index in [1.54, 1.807) is 12.4 Å². The number of rotatable bonds is 7. The van der Waals surface area contributed by atoms with Gasteiger partial charge in [0.25, 0.3) is 0 Å². The van der Waals surface area contributed by atoms with Crippen molar-refractivity contribution in [3.8, 4) is 0 Å². The Kier molecular flexibility index (Phi) is 6.89. The molecule has 0 aliphatic heterocycles. The van der Waals surface area contributed by atoms with Crippen LogP contribution in [0, 0.1) is 0 Å². The maximum absolute atomic E-state index is 11.8. The van der Waals surface area contributed by atoms with Crippen molar-refractivity contribution in [1.29, 1.82) is 0 Å². The van der Waals surface area contributed by atoms with Crippen molar-refractivity contribution in [3.63, 3.8) is 0 Å². The first-order chi connectivity index (χ1) is 11.9. The summed E-state index contributed by atoms with van der Waals surface area (Å²) in [5, 5.41) is 2.80. The SMILES string of the molecule is CC(C)(C)OC(=O)NCCN(Cc1ccccn1)Cc1ccccn1. The van der Waals surface area contributed by atoms with Crippen LogP contribution in [0.5, 0.6) is 0 Å². The summed E-state index contributed by atoms with van der Waals surface area (Å²) in [4.78, 5) is 22.7. The number of amides is 1. The molecule has 1 amide bonds. The van der Waals surface area contributed by atoms with Crippen molar-refractivity contribution >= 4 is 6.09 Å². The van der Waals surface area contributed by atoms with E-state index in [9.17, 15) is 4.79 Å². The second-order valence-electron chi connectivity index (χ2n) is 6.78. The maximum Gasteiger partial charge on any atom is 0.407 e. The van der Waals surface area contributed by atoms with Crippen LogP contribution in [0.3, 0.4) is 0 Å². The van der Waals surface area contributed by atoms with Crippen molar-refractivity contribution in [3.05, 3.63) is 60.2 Å². The fourth-order valence-corrected chi connectivity index (χ4v) is 2.29. The number of hydrogen-bond acceptors (Lipinski definition) is 5. The van der Waals surface area contributed by atoms with E-state index in [0.717, 1.165) is 11.4 Å². The number of nitrogens with one attached hydrogen (secondary N) is 1. The second-order valence-corrected chi connectivity index (χ2v) is 6.78. The van der Waals surface area contributed by atoms with Gasteiger partial charge in [0.15, 0.2) is 0 Å². The maximum atomic E-state index is 11.8. The van der Waals surface area contributed by atoms with Gasteiger partial charge in [-0.25, -0.2) is 4.79 Å². The molecule has 2 aromatic heterocycles. The highest BCUT2D eigenvalue weighted by atomic mass is 16.6. The zero-order chi connectivity index (χ0) is 18.1. The van der Waals surface area contributed by atoms with Crippen LogP contribution in [-0.4, -0.2) is 39.7 Å². The number of hydrogen-bond donors (Lipinski definition) is 1. The van der Waals surface area contributed by atoms with Gasteiger partial charge < -0.3 is 10.1 Å². The minimum atomic E-state index is -0.494. The second kappa shape index (κ2) is 9.13. The lowest BCUT2D eigenvalue weighted by Crippen LogP contribution is -2.37. The van der Waals surface area contributed by atoms with Crippen molar-refractivity contribution < 1.29 is 9.53 Å². The Morgan fingerprint density at radius 1 is 1.04 bits per heavy atom. The lowest BCUT2D eigenvalue weighted by atomic mass is 10.2. The van der Waals surface area contributed by atoms with Gasteiger partial charge in [-0.15, -0.1) is 0 Å². The Balaban J connectivity index is 1.91. The molecule has 0 aliphatic carbocycles. The van der Waals surface area contributed by atoms with Gasteiger partial charge in [-0.3, -0.25) is 14.9 Å². The molecule has 0 fully saturated rings. The van der Waals surface area contributed by atoms with Gasteiger partial charge in [0, 0.05) is 38.6 Å². The van der Waals surface area contributed by atoms with Crippen LogP contribution < -0.4 is 5.32 Å². The lowest BCUT2D eigenvalue weighted by molar-refractivity contribution is 0.0521. The minimum Gasteiger partial charge on any atom is -0.444 e. The zero-order valence-corrected chi connectivity index (χ0v) is 15.1. The topological polar surface area (TPSA) is 67.3 Å². The van der Waals surface area contributed by atoms with Gasteiger partial charge in [-0.1, -0.05) is 12.1 Å². The predicted molar refractivity (Wildman–Crippen MR) is 96.8 cm³/mol. The molecule has 2 rings (SSSR count). The van der Waals surface area contributed by atoms with Crippen molar-refractivity contribution in [2.24, 2.45) is 0 Å². The summed E-state index contributed by atoms with van der Waals surface area (Å²) in [6, 6.07) is 11.7. The number of aromatic nitrogens is 2. The summed E-state index contributed by atoms with van der Waals surface area (Å²) in [5.41, 5.74) is 1.47. The van der Waals surface area contributed by atoms with Crippen molar-refractivity contribution in [2.45, 2.75) is 39.5 Å². The summed E-state index contributed by atoms with van der Waals surface area (Å²) >= 11 is 0. The fraction of sp³-hybridized carbons (Fsp3) is 0.421. The van der Waals surface area contributed by atoms with Gasteiger partial charge in [0.2, 0.25) is 0 Å². The third-order valence-electron chi connectivity index (χ3n) is 3.32. The summed E-state index contributed by atoms with van der Waals surface area (Å²) in [6.07, 6.45) is 3.17. The van der Waals surface area contributed by atoms with E-state index in [-0.39, 0.29) is 0 Å². The monoisotopic (exact) mass is 342 g/mol. The van der Waals surface area contributed by atoms with Gasteiger partial charge in [-0.05, 0) is 45.0 Å². The summed E-state index contributed by atoms with van der Waals surface area (Å²) in [5.74, 6) is 0. The van der Waals surface area contributed by atoms with Gasteiger partial charge in [0.1, 0.15) is 5.60 Å². The van der Waals surface area contributed by atoms with Gasteiger partial charge in [0.05, 0.1) is 11.4 Å². The first-order valence-corrected chi connectivity index (χ1v) is 8.41. The molecule has 0 aromatic carbocycles. The highest BCUT2D eigenvalue weighted by Crippen LogP contribution is 2.08. The van der Waals surface area contributed by atoms with E-state index in [1.165, 1.54) is 0 Å². The Morgan fingerprint density at radius 2 is 1.60 bits per heavy atom. The quantitative estimate of drug-likeness (QED) is 0.838. The molecule has 6 nitrogen and oxygen atoms in total. The molecule has 6 heteroatoms. The first-order valence-electron chi connectivity index (χ1n) is 8.41. The molecule has 0 aliphatic rings. The summed E-state index contributed by atoms with van der Waals surface area (Å²) < 4.78 is 5.26. The van der Waals surface area contributed by atoms with Crippen LogP contribution in [0.15, 0.2) is 48.8 Å². The molecule has 0 spiro atoms. The number of ether oxygens (including phenoxy) is 1. The normalized spacial score (nSPS) is 11.4. The Labute approximate surface area is 149 Å². The van der Waals surface area contributed by atoms with Crippen LogP contribution >= 0.6 is 0 Å². The average Bonchev–Trinajstić information content (AvgIpc) is 2.55. The molecule has 0 saturated heterocycles. The largest absolute Gasteiger partial charge is 0.444 e. The van der Waals surface area contributed by atoms with Crippen molar-refractivity contribution in [2.75, 3.05) is 13.1 Å². The first kappa shape index (κ1) is 18.9. The third kappa shape index (κ3) is 7.76. The Bertz CT molecular complexity index is 600. The van der Waals surface area contributed by atoms with E-state index in [2.05, 4.69) is 20.2 Å². The molecule has 1 N–H and O–H groups in total. The van der Waals surface area contributed by atoms with Crippen LogP contribution in [0.2, 0.25) is 0 Å². The molecule has 2 aromatic rings. The number of alkyl carbamates (subject to hydrolysis) is 1. The van der Waals surface area contributed by atoms with Crippen LogP contribution in [0.1, 0.15) is 32.2 Å². The molecule has 2 heterocycles. The van der Waals surface area contributed by atoms with Crippen LogP contribution in [-0.2, 0) is 17.8 Å². The predicted octanol–water partition coefficient (Wildman–Crippen LogP) is 3.00. The van der Waals surface area contributed by atoms with Crippen LogP contribution in [0.25, 0.3) is 0 Å². The molecule has 0 unspecified atom stereocenters.